The van der Waals surface area contributed by atoms with Gasteiger partial charge in [-0.3, -0.25) is 4.79 Å². The van der Waals surface area contributed by atoms with Crippen molar-refractivity contribution in [1.29, 1.82) is 0 Å². The van der Waals surface area contributed by atoms with Gasteiger partial charge in [0.25, 0.3) is 0 Å². The van der Waals surface area contributed by atoms with Crippen LogP contribution in [0.1, 0.15) is 47.5 Å². The zero-order valence-corrected chi connectivity index (χ0v) is 14.6. The van der Waals surface area contributed by atoms with E-state index in [0.717, 1.165) is 0 Å². The first kappa shape index (κ1) is 19.3. The van der Waals surface area contributed by atoms with E-state index in [1.54, 1.807) is 18.7 Å². The third kappa shape index (κ3) is 6.08. The molecular formula is C16H27NO6. The lowest BCUT2D eigenvalue weighted by molar-refractivity contribution is -0.166. The zero-order valence-electron chi connectivity index (χ0n) is 14.6. The number of hydrogen-bond donors (Lipinski definition) is 0. The van der Waals surface area contributed by atoms with Crippen molar-refractivity contribution < 1.29 is 28.6 Å². The van der Waals surface area contributed by atoms with E-state index in [-0.39, 0.29) is 19.3 Å². The van der Waals surface area contributed by atoms with Crippen molar-refractivity contribution in [3.05, 3.63) is 0 Å². The number of rotatable bonds is 4. The average Bonchev–Trinajstić information content (AvgIpc) is 2.44. The summed E-state index contributed by atoms with van der Waals surface area (Å²) in [5.74, 6) is -0.995. The van der Waals surface area contributed by atoms with E-state index < -0.39 is 23.0 Å². The van der Waals surface area contributed by atoms with Gasteiger partial charge in [0.2, 0.25) is 0 Å². The van der Waals surface area contributed by atoms with Gasteiger partial charge in [0, 0.05) is 13.1 Å². The maximum Gasteiger partial charge on any atom is 0.410 e. The second-order valence-corrected chi connectivity index (χ2v) is 6.91. The molecule has 0 bridgehead atoms. The fraction of sp³-hybridized carbons (Fsp3) is 0.812. The highest BCUT2D eigenvalue weighted by molar-refractivity contribution is 5.80. The Balaban J connectivity index is 2.48. The maximum atomic E-state index is 12.2. The summed E-state index contributed by atoms with van der Waals surface area (Å²) in [6.07, 6.45) is 0.557. The lowest BCUT2D eigenvalue weighted by atomic mass is 9.80. The van der Waals surface area contributed by atoms with E-state index >= 15 is 0 Å². The molecule has 0 unspecified atom stereocenters. The molecule has 23 heavy (non-hydrogen) atoms. The molecule has 0 aromatic carbocycles. The molecule has 1 rings (SSSR count). The molecule has 0 aliphatic carbocycles. The van der Waals surface area contributed by atoms with Crippen molar-refractivity contribution in [1.82, 2.24) is 4.90 Å². The number of carbonyl (C=O) groups is 3. The summed E-state index contributed by atoms with van der Waals surface area (Å²) in [5.41, 5.74) is -1.25. The van der Waals surface area contributed by atoms with Crippen LogP contribution in [0, 0.1) is 5.41 Å². The number of ether oxygens (including phenoxy) is 3. The van der Waals surface area contributed by atoms with Crippen LogP contribution in [0.25, 0.3) is 0 Å². The Bertz CT molecular complexity index is 446. The second-order valence-electron chi connectivity index (χ2n) is 6.91. The highest BCUT2D eigenvalue weighted by atomic mass is 16.6. The Hall–Kier alpha value is -1.79. The third-order valence-electron chi connectivity index (χ3n) is 3.64. The lowest BCUT2D eigenvalue weighted by Gasteiger charge is -2.37. The molecule has 1 saturated heterocycles. The summed E-state index contributed by atoms with van der Waals surface area (Å²) in [6, 6.07) is 0. The summed E-state index contributed by atoms with van der Waals surface area (Å²) in [4.78, 5) is 37.0. The largest absolute Gasteiger partial charge is 0.463 e. The molecule has 0 aromatic heterocycles. The molecule has 1 amide bonds. The van der Waals surface area contributed by atoms with Crippen molar-refractivity contribution in [2.45, 2.75) is 53.1 Å². The fourth-order valence-corrected chi connectivity index (χ4v) is 2.21. The highest BCUT2D eigenvalue weighted by Crippen LogP contribution is 2.32. The number of piperidine rings is 1. The van der Waals surface area contributed by atoms with E-state index in [0.29, 0.717) is 25.9 Å². The molecule has 1 aliphatic rings. The third-order valence-corrected chi connectivity index (χ3v) is 3.64. The molecule has 0 saturated carbocycles. The van der Waals surface area contributed by atoms with Crippen molar-refractivity contribution in [3.63, 3.8) is 0 Å². The fourth-order valence-electron chi connectivity index (χ4n) is 2.21. The summed E-state index contributed by atoms with van der Waals surface area (Å²) < 4.78 is 15.1. The van der Waals surface area contributed by atoms with Crippen molar-refractivity contribution in [2.24, 2.45) is 5.41 Å². The lowest BCUT2D eigenvalue weighted by Crippen LogP contribution is -2.47. The SMILES string of the molecule is CCOC(=O)COC(=O)C1(C)CCN(C(=O)OC(C)(C)C)CC1. The molecule has 7 heteroatoms. The molecule has 0 atom stereocenters. The van der Waals surface area contributed by atoms with E-state index in [1.165, 1.54) is 0 Å². The molecule has 7 nitrogen and oxygen atoms in total. The van der Waals surface area contributed by atoms with Gasteiger partial charge in [-0.1, -0.05) is 0 Å². The number of esters is 2. The van der Waals surface area contributed by atoms with Crippen LogP contribution in [-0.4, -0.2) is 54.8 Å². The minimum Gasteiger partial charge on any atom is -0.463 e. The first-order chi connectivity index (χ1) is 10.6. The van der Waals surface area contributed by atoms with Crippen LogP contribution in [0.5, 0.6) is 0 Å². The topological polar surface area (TPSA) is 82.1 Å². The van der Waals surface area contributed by atoms with Crippen LogP contribution < -0.4 is 0 Å². The van der Waals surface area contributed by atoms with E-state index in [2.05, 4.69) is 0 Å². The van der Waals surface area contributed by atoms with E-state index in [9.17, 15) is 14.4 Å². The number of likely N-dealkylation sites (tertiary alicyclic amines) is 1. The van der Waals surface area contributed by atoms with Crippen LogP contribution in [0.3, 0.4) is 0 Å². The Morgan fingerprint density at radius 3 is 2.13 bits per heavy atom. The normalized spacial score (nSPS) is 17.3. The molecule has 0 radical (unpaired) electrons. The van der Waals surface area contributed by atoms with Crippen molar-refractivity contribution >= 4 is 18.0 Å². The number of amides is 1. The van der Waals surface area contributed by atoms with Gasteiger partial charge in [-0.2, -0.15) is 0 Å². The minimum absolute atomic E-state index is 0.249. The summed E-state index contributed by atoms with van der Waals surface area (Å²) in [7, 11) is 0. The molecule has 1 heterocycles. The Morgan fingerprint density at radius 2 is 1.65 bits per heavy atom. The zero-order chi connectivity index (χ0) is 17.7. The standard InChI is InChI=1S/C16H27NO6/c1-6-21-12(18)11-22-13(19)16(5)7-9-17(10-8-16)14(20)23-15(2,3)4/h6-11H2,1-5H3. The predicted molar refractivity (Wildman–Crippen MR) is 82.7 cm³/mol. The van der Waals surface area contributed by atoms with Gasteiger partial charge in [-0.05, 0) is 47.5 Å². The second kappa shape index (κ2) is 7.66. The molecule has 132 valence electrons. The van der Waals surface area contributed by atoms with Gasteiger partial charge in [0.1, 0.15) is 5.60 Å². The first-order valence-electron chi connectivity index (χ1n) is 7.88. The summed E-state index contributed by atoms with van der Waals surface area (Å²) >= 11 is 0. The Labute approximate surface area is 137 Å². The van der Waals surface area contributed by atoms with E-state index in [4.69, 9.17) is 14.2 Å². The monoisotopic (exact) mass is 329 g/mol. The van der Waals surface area contributed by atoms with Gasteiger partial charge in [-0.15, -0.1) is 0 Å². The van der Waals surface area contributed by atoms with Crippen molar-refractivity contribution in [2.75, 3.05) is 26.3 Å². The molecule has 1 fully saturated rings. The quantitative estimate of drug-likeness (QED) is 0.580. The summed E-state index contributed by atoms with van der Waals surface area (Å²) in [5, 5.41) is 0. The number of nitrogens with zero attached hydrogens (tertiary/aromatic N) is 1. The molecular weight excluding hydrogens is 302 g/mol. The molecule has 0 N–H and O–H groups in total. The maximum absolute atomic E-state index is 12.2. The van der Waals surface area contributed by atoms with E-state index in [1.807, 2.05) is 20.8 Å². The average molecular weight is 329 g/mol. The van der Waals surface area contributed by atoms with Gasteiger partial charge >= 0.3 is 18.0 Å². The Morgan fingerprint density at radius 1 is 1.09 bits per heavy atom. The van der Waals surface area contributed by atoms with Crippen LogP contribution in [0.2, 0.25) is 0 Å². The van der Waals surface area contributed by atoms with Gasteiger partial charge in [-0.25, -0.2) is 9.59 Å². The summed E-state index contributed by atoms with van der Waals surface area (Å²) in [6.45, 7) is 9.61. The number of carbonyl (C=O) groups excluding carboxylic acids is 3. The van der Waals surface area contributed by atoms with Gasteiger partial charge in [0.15, 0.2) is 6.61 Å². The van der Waals surface area contributed by atoms with Crippen LogP contribution >= 0.6 is 0 Å². The smallest absolute Gasteiger partial charge is 0.410 e. The number of hydrogen-bond acceptors (Lipinski definition) is 6. The van der Waals surface area contributed by atoms with Crippen molar-refractivity contribution in [3.8, 4) is 0 Å². The molecule has 1 aliphatic heterocycles. The molecule has 0 spiro atoms. The van der Waals surface area contributed by atoms with Gasteiger partial charge in [0.05, 0.1) is 12.0 Å². The van der Waals surface area contributed by atoms with Gasteiger partial charge < -0.3 is 19.1 Å². The Kier molecular flexibility index (Phi) is 6.41. The highest BCUT2D eigenvalue weighted by Gasteiger charge is 2.40. The predicted octanol–water partition coefficient (Wildman–Crippen LogP) is 2.13. The minimum atomic E-state index is -0.703. The molecule has 0 aromatic rings. The van der Waals surface area contributed by atoms with Crippen LogP contribution in [0.15, 0.2) is 0 Å². The first-order valence-corrected chi connectivity index (χ1v) is 7.88. The van der Waals surface area contributed by atoms with Crippen LogP contribution in [0.4, 0.5) is 4.79 Å². The van der Waals surface area contributed by atoms with Crippen LogP contribution in [-0.2, 0) is 23.8 Å².